The third-order valence-electron chi connectivity index (χ3n) is 3.54. The minimum atomic E-state index is -0.349. The summed E-state index contributed by atoms with van der Waals surface area (Å²) in [5, 5.41) is 3.34. The lowest BCUT2D eigenvalue weighted by atomic mass is 9.84. The van der Waals surface area contributed by atoms with Gasteiger partial charge in [-0.3, -0.25) is 0 Å². The highest BCUT2D eigenvalue weighted by atomic mass is 19.1. The van der Waals surface area contributed by atoms with E-state index in [1.54, 1.807) is 12.1 Å². The predicted octanol–water partition coefficient (Wildman–Crippen LogP) is 3.44. The summed E-state index contributed by atoms with van der Waals surface area (Å²) in [6, 6.07) is 6.94. The Bertz CT molecular complexity index is 574. The molecule has 0 fully saturated rings. The molecule has 0 saturated carbocycles. The van der Waals surface area contributed by atoms with Gasteiger partial charge in [-0.2, -0.15) is 0 Å². The van der Waals surface area contributed by atoms with Gasteiger partial charge in [-0.25, -0.2) is 14.4 Å². The molecule has 0 saturated heterocycles. The molecule has 0 aliphatic heterocycles. The van der Waals surface area contributed by atoms with Crippen LogP contribution in [0.4, 0.5) is 4.39 Å². The van der Waals surface area contributed by atoms with Crippen LogP contribution in [0.15, 0.2) is 36.7 Å². The minimum Gasteiger partial charge on any atom is -0.310 e. The summed E-state index contributed by atoms with van der Waals surface area (Å²) < 4.78 is 13.0. The van der Waals surface area contributed by atoms with E-state index in [9.17, 15) is 4.39 Å². The quantitative estimate of drug-likeness (QED) is 0.915. The van der Waals surface area contributed by atoms with Crippen molar-refractivity contribution in [3.8, 4) is 0 Å². The van der Waals surface area contributed by atoms with Gasteiger partial charge in [0.2, 0.25) is 0 Å². The first kappa shape index (κ1) is 15.6. The van der Waals surface area contributed by atoms with Crippen LogP contribution >= 0.6 is 0 Å². The summed E-state index contributed by atoms with van der Waals surface area (Å²) in [7, 11) is 0. The van der Waals surface area contributed by atoms with E-state index in [-0.39, 0.29) is 11.2 Å². The number of halogens is 1. The van der Waals surface area contributed by atoms with Crippen LogP contribution < -0.4 is 5.32 Å². The third-order valence-corrected chi connectivity index (χ3v) is 3.54. The number of aromatic nitrogens is 2. The van der Waals surface area contributed by atoms with Gasteiger partial charge in [-0.1, -0.05) is 26.0 Å². The lowest BCUT2D eigenvalue weighted by Crippen LogP contribution is -2.24. The average Bonchev–Trinajstić information content (AvgIpc) is 2.46. The largest absolute Gasteiger partial charge is 0.310 e. The molecule has 0 aliphatic carbocycles. The van der Waals surface area contributed by atoms with Crippen LogP contribution in [0.1, 0.15) is 44.6 Å². The number of benzene rings is 1. The standard InChI is InChI=1S/C17H22FN3/c1-12(2)19-9-13-10-20-16(21-11-13)17(3,4)14-5-7-15(18)8-6-14/h5-8,10-12,19H,9H2,1-4H3. The summed E-state index contributed by atoms with van der Waals surface area (Å²) in [5.41, 5.74) is 1.71. The molecule has 1 aromatic heterocycles. The second-order valence-corrected chi connectivity index (χ2v) is 6.08. The number of hydrogen-bond acceptors (Lipinski definition) is 3. The number of nitrogens with one attached hydrogen (secondary N) is 1. The van der Waals surface area contributed by atoms with Crippen LogP contribution in [-0.4, -0.2) is 16.0 Å². The molecule has 4 heteroatoms. The van der Waals surface area contributed by atoms with E-state index in [4.69, 9.17) is 0 Å². The van der Waals surface area contributed by atoms with Crippen molar-refractivity contribution in [2.45, 2.75) is 45.7 Å². The molecular weight excluding hydrogens is 265 g/mol. The molecule has 0 unspecified atom stereocenters. The lowest BCUT2D eigenvalue weighted by molar-refractivity contribution is 0.569. The fourth-order valence-corrected chi connectivity index (χ4v) is 2.09. The normalized spacial score (nSPS) is 11.9. The Morgan fingerprint density at radius 3 is 2.19 bits per heavy atom. The SMILES string of the molecule is CC(C)NCc1cnc(C(C)(C)c2ccc(F)cc2)nc1. The Morgan fingerprint density at radius 2 is 1.67 bits per heavy atom. The van der Waals surface area contributed by atoms with Gasteiger partial charge < -0.3 is 5.32 Å². The van der Waals surface area contributed by atoms with E-state index in [2.05, 4.69) is 29.1 Å². The van der Waals surface area contributed by atoms with Gasteiger partial charge in [-0.05, 0) is 31.5 Å². The van der Waals surface area contributed by atoms with Crippen molar-refractivity contribution in [1.82, 2.24) is 15.3 Å². The van der Waals surface area contributed by atoms with Crippen molar-refractivity contribution in [2.24, 2.45) is 0 Å². The monoisotopic (exact) mass is 287 g/mol. The van der Waals surface area contributed by atoms with E-state index in [0.717, 1.165) is 23.5 Å². The van der Waals surface area contributed by atoms with Crippen molar-refractivity contribution in [3.05, 3.63) is 59.4 Å². The first-order valence-corrected chi connectivity index (χ1v) is 7.20. The van der Waals surface area contributed by atoms with Crippen LogP contribution in [0.25, 0.3) is 0 Å². The Kier molecular flexibility index (Phi) is 4.68. The molecule has 2 aromatic rings. The molecule has 1 N–H and O–H groups in total. The molecule has 3 nitrogen and oxygen atoms in total. The van der Waals surface area contributed by atoms with Gasteiger partial charge in [0.05, 0.1) is 0 Å². The first-order chi connectivity index (χ1) is 9.89. The molecule has 0 amide bonds. The summed E-state index contributed by atoms with van der Waals surface area (Å²) >= 11 is 0. The van der Waals surface area contributed by atoms with Crippen LogP contribution in [0, 0.1) is 5.82 Å². The third kappa shape index (κ3) is 3.85. The van der Waals surface area contributed by atoms with Gasteiger partial charge in [0.15, 0.2) is 0 Å². The molecule has 0 radical (unpaired) electrons. The van der Waals surface area contributed by atoms with E-state index >= 15 is 0 Å². The van der Waals surface area contributed by atoms with Crippen molar-refractivity contribution in [1.29, 1.82) is 0 Å². The minimum absolute atomic E-state index is 0.231. The zero-order valence-corrected chi connectivity index (χ0v) is 13.0. The Labute approximate surface area is 125 Å². The zero-order valence-electron chi connectivity index (χ0n) is 13.0. The van der Waals surface area contributed by atoms with Crippen LogP contribution in [0.2, 0.25) is 0 Å². The maximum Gasteiger partial charge on any atom is 0.138 e. The molecule has 1 aromatic carbocycles. The summed E-state index contributed by atoms with van der Waals surface area (Å²) in [4.78, 5) is 8.96. The van der Waals surface area contributed by atoms with E-state index in [1.165, 1.54) is 12.1 Å². The van der Waals surface area contributed by atoms with E-state index in [1.807, 2.05) is 26.2 Å². The molecule has 21 heavy (non-hydrogen) atoms. The van der Waals surface area contributed by atoms with E-state index in [0.29, 0.717) is 6.04 Å². The predicted molar refractivity (Wildman–Crippen MR) is 82.5 cm³/mol. The van der Waals surface area contributed by atoms with Gasteiger partial charge in [-0.15, -0.1) is 0 Å². The van der Waals surface area contributed by atoms with Crippen LogP contribution in [0.3, 0.4) is 0 Å². The topological polar surface area (TPSA) is 37.8 Å². The zero-order chi connectivity index (χ0) is 15.5. The van der Waals surface area contributed by atoms with Gasteiger partial charge in [0, 0.05) is 36.0 Å². The molecule has 0 bridgehead atoms. The first-order valence-electron chi connectivity index (χ1n) is 7.20. The van der Waals surface area contributed by atoms with Crippen molar-refractivity contribution >= 4 is 0 Å². The Hall–Kier alpha value is -1.81. The maximum atomic E-state index is 13.0. The molecule has 0 atom stereocenters. The second kappa shape index (κ2) is 6.31. The molecule has 0 spiro atoms. The van der Waals surface area contributed by atoms with Gasteiger partial charge in [0.1, 0.15) is 11.6 Å². The number of rotatable bonds is 5. The smallest absolute Gasteiger partial charge is 0.138 e. The second-order valence-electron chi connectivity index (χ2n) is 6.08. The van der Waals surface area contributed by atoms with Crippen molar-refractivity contribution in [2.75, 3.05) is 0 Å². The summed E-state index contributed by atoms with van der Waals surface area (Å²) in [6.45, 7) is 9.05. The lowest BCUT2D eigenvalue weighted by Gasteiger charge is -2.23. The molecule has 0 aliphatic rings. The van der Waals surface area contributed by atoms with Crippen LogP contribution in [0.5, 0.6) is 0 Å². The average molecular weight is 287 g/mol. The highest BCUT2D eigenvalue weighted by molar-refractivity contribution is 5.31. The molecule has 2 rings (SSSR count). The summed E-state index contributed by atoms with van der Waals surface area (Å²) in [6.07, 6.45) is 3.70. The fourth-order valence-electron chi connectivity index (χ4n) is 2.09. The Balaban J connectivity index is 2.18. The van der Waals surface area contributed by atoms with Crippen molar-refractivity contribution < 1.29 is 4.39 Å². The highest BCUT2D eigenvalue weighted by Gasteiger charge is 2.26. The van der Waals surface area contributed by atoms with Crippen molar-refractivity contribution in [3.63, 3.8) is 0 Å². The fraction of sp³-hybridized carbons (Fsp3) is 0.412. The Morgan fingerprint density at radius 1 is 1.10 bits per heavy atom. The van der Waals surface area contributed by atoms with E-state index < -0.39 is 0 Å². The molecular formula is C17H22FN3. The summed E-state index contributed by atoms with van der Waals surface area (Å²) in [5.74, 6) is 0.507. The maximum absolute atomic E-state index is 13.0. The van der Waals surface area contributed by atoms with Crippen LogP contribution in [-0.2, 0) is 12.0 Å². The highest BCUT2D eigenvalue weighted by Crippen LogP contribution is 2.28. The number of hydrogen-bond donors (Lipinski definition) is 1. The van der Waals surface area contributed by atoms with Gasteiger partial charge >= 0.3 is 0 Å². The van der Waals surface area contributed by atoms with Gasteiger partial charge in [0.25, 0.3) is 0 Å². The molecule has 1 heterocycles. The number of nitrogens with zero attached hydrogens (tertiary/aromatic N) is 2. The molecule has 112 valence electrons.